The fourth-order valence-corrected chi connectivity index (χ4v) is 1.70. The van der Waals surface area contributed by atoms with Crippen molar-refractivity contribution >= 4 is 5.91 Å². The molecule has 0 radical (unpaired) electrons. The maximum Gasteiger partial charge on any atom is 0.228 e. The Bertz CT molecular complexity index is 196. The van der Waals surface area contributed by atoms with Crippen molar-refractivity contribution < 1.29 is 4.79 Å². The molecule has 0 aromatic carbocycles. The predicted octanol–water partition coefficient (Wildman–Crippen LogP) is 1.51. The normalized spacial score (nSPS) is 33.2. The molecule has 2 heteroatoms. The van der Waals surface area contributed by atoms with E-state index in [1.165, 1.54) is 0 Å². The highest BCUT2D eigenvalue weighted by atomic mass is 16.2. The third kappa shape index (κ3) is 1.05. The minimum absolute atomic E-state index is 0.0868. The Labute approximate surface area is 68.6 Å². The summed E-state index contributed by atoms with van der Waals surface area (Å²) in [7, 11) is 3.64. The first kappa shape index (κ1) is 8.57. The van der Waals surface area contributed by atoms with Gasteiger partial charge in [-0.25, -0.2) is 0 Å². The highest BCUT2D eigenvalue weighted by Gasteiger charge is 2.62. The first-order valence-electron chi connectivity index (χ1n) is 4.03. The zero-order valence-corrected chi connectivity index (χ0v) is 8.06. The van der Waals surface area contributed by atoms with Gasteiger partial charge in [0.15, 0.2) is 0 Å². The van der Waals surface area contributed by atoms with E-state index in [0.29, 0.717) is 0 Å². The van der Waals surface area contributed by atoms with Crippen LogP contribution in [0.1, 0.15) is 27.2 Å². The molecule has 1 atom stereocenters. The number of rotatable bonds is 1. The standard InChI is InChI=1S/C9H17NO/c1-8(2)6-9(8,3)7(11)10(4)5/h6H2,1-5H3. The van der Waals surface area contributed by atoms with Crippen molar-refractivity contribution in [2.45, 2.75) is 27.2 Å². The molecular formula is C9H17NO. The average Bonchev–Trinajstić information content (AvgIpc) is 2.32. The third-order valence-electron chi connectivity index (χ3n) is 3.04. The lowest BCUT2D eigenvalue weighted by molar-refractivity contribution is -0.134. The number of hydrogen-bond acceptors (Lipinski definition) is 1. The van der Waals surface area contributed by atoms with Crippen molar-refractivity contribution in [3.8, 4) is 0 Å². The molecular weight excluding hydrogens is 138 g/mol. The molecule has 1 amide bonds. The molecule has 1 unspecified atom stereocenters. The molecule has 0 aromatic heterocycles. The number of nitrogens with zero attached hydrogens (tertiary/aromatic N) is 1. The molecule has 64 valence electrons. The molecule has 1 aliphatic carbocycles. The van der Waals surface area contributed by atoms with Crippen LogP contribution in [0.25, 0.3) is 0 Å². The molecule has 1 aliphatic rings. The average molecular weight is 155 g/mol. The second kappa shape index (κ2) is 1.99. The Kier molecular flexibility index (Phi) is 1.55. The molecule has 0 saturated heterocycles. The smallest absolute Gasteiger partial charge is 0.228 e. The SMILES string of the molecule is CN(C)C(=O)C1(C)CC1(C)C. The molecule has 0 spiro atoms. The van der Waals surface area contributed by atoms with Crippen molar-refractivity contribution in [2.24, 2.45) is 10.8 Å². The lowest BCUT2D eigenvalue weighted by Gasteiger charge is -2.19. The molecule has 1 fully saturated rings. The minimum Gasteiger partial charge on any atom is -0.348 e. The minimum atomic E-state index is -0.0868. The third-order valence-corrected chi connectivity index (χ3v) is 3.04. The van der Waals surface area contributed by atoms with Crippen LogP contribution in [0.3, 0.4) is 0 Å². The van der Waals surface area contributed by atoms with Crippen molar-refractivity contribution in [1.82, 2.24) is 4.90 Å². The van der Waals surface area contributed by atoms with E-state index >= 15 is 0 Å². The number of carbonyl (C=O) groups excluding carboxylic acids is 1. The maximum absolute atomic E-state index is 11.6. The highest BCUT2D eigenvalue weighted by Crippen LogP contribution is 2.63. The molecule has 11 heavy (non-hydrogen) atoms. The van der Waals surface area contributed by atoms with E-state index in [9.17, 15) is 4.79 Å². The quantitative estimate of drug-likeness (QED) is 0.562. The van der Waals surface area contributed by atoms with Gasteiger partial charge in [0.25, 0.3) is 0 Å². The summed E-state index contributed by atoms with van der Waals surface area (Å²) in [6, 6.07) is 0. The Morgan fingerprint density at radius 1 is 1.27 bits per heavy atom. The maximum atomic E-state index is 11.6. The Balaban J connectivity index is 2.72. The Morgan fingerprint density at radius 2 is 1.64 bits per heavy atom. The van der Waals surface area contributed by atoms with Crippen molar-refractivity contribution in [3.05, 3.63) is 0 Å². The second-order valence-corrected chi connectivity index (χ2v) is 4.59. The Hall–Kier alpha value is -0.530. The monoisotopic (exact) mass is 155 g/mol. The fourth-order valence-electron chi connectivity index (χ4n) is 1.70. The highest BCUT2D eigenvalue weighted by molar-refractivity contribution is 5.86. The van der Waals surface area contributed by atoms with Crippen molar-refractivity contribution in [2.75, 3.05) is 14.1 Å². The van der Waals surface area contributed by atoms with E-state index < -0.39 is 0 Å². The van der Waals surface area contributed by atoms with E-state index in [0.717, 1.165) is 6.42 Å². The van der Waals surface area contributed by atoms with Gasteiger partial charge in [-0.2, -0.15) is 0 Å². The van der Waals surface area contributed by atoms with Crippen LogP contribution in [0.2, 0.25) is 0 Å². The van der Waals surface area contributed by atoms with E-state index in [-0.39, 0.29) is 16.7 Å². The van der Waals surface area contributed by atoms with Crippen molar-refractivity contribution in [3.63, 3.8) is 0 Å². The first-order valence-corrected chi connectivity index (χ1v) is 4.03. The summed E-state index contributed by atoms with van der Waals surface area (Å²) in [5, 5.41) is 0. The number of amides is 1. The summed E-state index contributed by atoms with van der Waals surface area (Å²) >= 11 is 0. The van der Waals surface area contributed by atoms with Crippen LogP contribution in [0.5, 0.6) is 0 Å². The lowest BCUT2D eigenvalue weighted by atomic mass is 9.97. The van der Waals surface area contributed by atoms with Crippen LogP contribution in [0.15, 0.2) is 0 Å². The van der Waals surface area contributed by atoms with Crippen LogP contribution in [0, 0.1) is 10.8 Å². The summed E-state index contributed by atoms with van der Waals surface area (Å²) < 4.78 is 0. The predicted molar refractivity (Wildman–Crippen MR) is 45.2 cm³/mol. The summed E-state index contributed by atoms with van der Waals surface area (Å²) in [5.41, 5.74) is 0.130. The molecule has 0 aromatic rings. The van der Waals surface area contributed by atoms with Gasteiger partial charge in [0, 0.05) is 14.1 Å². The van der Waals surface area contributed by atoms with Crippen LogP contribution in [-0.4, -0.2) is 24.9 Å². The van der Waals surface area contributed by atoms with E-state index in [4.69, 9.17) is 0 Å². The molecule has 1 rings (SSSR count). The lowest BCUT2D eigenvalue weighted by Crippen LogP contribution is -2.31. The zero-order valence-electron chi connectivity index (χ0n) is 8.06. The van der Waals surface area contributed by atoms with Crippen LogP contribution < -0.4 is 0 Å². The number of carbonyl (C=O) groups is 1. The second-order valence-electron chi connectivity index (χ2n) is 4.59. The van der Waals surface area contributed by atoms with E-state index in [1.54, 1.807) is 4.90 Å². The van der Waals surface area contributed by atoms with Gasteiger partial charge in [-0.05, 0) is 11.8 Å². The van der Waals surface area contributed by atoms with E-state index in [1.807, 2.05) is 14.1 Å². The fraction of sp³-hybridized carbons (Fsp3) is 0.889. The number of hydrogen-bond donors (Lipinski definition) is 0. The van der Waals surface area contributed by atoms with Crippen LogP contribution >= 0.6 is 0 Å². The van der Waals surface area contributed by atoms with Crippen LogP contribution in [-0.2, 0) is 4.79 Å². The van der Waals surface area contributed by atoms with Gasteiger partial charge in [0.2, 0.25) is 5.91 Å². The molecule has 0 aliphatic heterocycles. The zero-order chi connectivity index (χ0) is 8.86. The molecule has 0 heterocycles. The summed E-state index contributed by atoms with van der Waals surface area (Å²) in [6.07, 6.45) is 1.02. The van der Waals surface area contributed by atoms with Gasteiger partial charge >= 0.3 is 0 Å². The molecule has 2 nitrogen and oxygen atoms in total. The Morgan fingerprint density at radius 3 is 1.73 bits per heavy atom. The van der Waals surface area contributed by atoms with Gasteiger partial charge in [-0.3, -0.25) is 4.79 Å². The van der Waals surface area contributed by atoms with Gasteiger partial charge in [-0.1, -0.05) is 20.8 Å². The molecule has 0 N–H and O–H groups in total. The summed E-state index contributed by atoms with van der Waals surface area (Å²) in [6.45, 7) is 6.35. The van der Waals surface area contributed by atoms with Gasteiger partial charge in [0.05, 0.1) is 5.41 Å². The largest absolute Gasteiger partial charge is 0.348 e. The summed E-state index contributed by atoms with van der Waals surface area (Å²) in [4.78, 5) is 13.3. The van der Waals surface area contributed by atoms with Gasteiger partial charge < -0.3 is 4.90 Å². The molecule has 1 saturated carbocycles. The van der Waals surface area contributed by atoms with Gasteiger partial charge in [-0.15, -0.1) is 0 Å². The first-order chi connectivity index (χ1) is 4.81. The van der Waals surface area contributed by atoms with E-state index in [2.05, 4.69) is 20.8 Å². The summed E-state index contributed by atoms with van der Waals surface area (Å²) in [5.74, 6) is 0.266. The van der Waals surface area contributed by atoms with Gasteiger partial charge in [0.1, 0.15) is 0 Å². The van der Waals surface area contributed by atoms with Crippen molar-refractivity contribution in [1.29, 1.82) is 0 Å². The van der Waals surface area contributed by atoms with Crippen LogP contribution in [0.4, 0.5) is 0 Å². The topological polar surface area (TPSA) is 20.3 Å². The molecule has 0 bridgehead atoms.